The van der Waals surface area contributed by atoms with Gasteiger partial charge in [-0.25, -0.2) is 0 Å². The van der Waals surface area contributed by atoms with Crippen LogP contribution in [0.25, 0.3) is 0 Å². The lowest BCUT2D eigenvalue weighted by Gasteiger charge is -2.48. The SMILES string of the molecule is CC1(C)C(CI)=CC[C@@]1(C)C(=O)[C@]1(C)CC=C(CI)C1(C)C. The highest BCUT2D eigenvalue weighted by Crippen LogP contribution is 2.62. The van der Waals surface area contributed by atoms with E-state index in [0.717, 1.165) is 21.7 Å². The maximum absolute atomic E-state index is 13.8. The van der Waals surface area contributed by atoms with Crippen LogP contribution in [-0.2, 0) is 4.79 Å². The van der Waals surface area contributed by atoms with E-state index in [0.29, 0.717) is 5.78 Å². The lowest BCUT2D eigenvalue weighted by molar-refractivity contribution is -0.146. The highest BCUT2D eigenvalue weighted by molar-refractivity contribution is 14.1. The smallest absolute Gasteiger partial charge is 0.146 e. The molecule has 3 heteroatoms. The lowest BCUT2D eigenvalue weighted by atomic mass is 9.53. The summed E-state index contributed by atoms with van der Waals surface area (Å²) in [6.45, 7) is 13.5. The quantitative estimate of drug-likeness (QED) is 0.244. The molecule has 0 spiro atoms. The average molecular weight is 526 g/mol. The van der Waals surface area contributed by atoms with Crippen molar-refractivity contribution in [2.45, 2.75) is 54.4 Å². The number of rotatable bonds is 4. The molecule has 0 bridgehead atoms. The highest BCUT2D eigenvalue weighted by Gasteiger charge is 2.61. The van der Waals surface area contributed by atoms with Crippen LogP contribution in [0.4, 0.5) is 0 Å². The van der Waals surface area contributed by atoms with Crippen molar-refractivity contribution in [1.82, 2.24) is 0 Å². The van der Waals surface area contributed by atoms with Crippen molar-refractivity contribution in [3.63, 3.8) is 0 Å². The molecular formula is C19H28I2O. The van der Waals surface area contributed by atoms with Crippen molar-refractivity contribution in [1.29, 1.82) is 0 Å². The summed E-state index contributed by atoms with van der Waals surface area (Å²) in [5.74, 6) is 0.460. The van der Waals surface area contributed by atoms with E-state index in [1.165, 1.54) is 11.1 Å². The molecule has 0 radical (unpaired) electrons. The number of alkyl halides is 2. The van der Waals surface area contributed by atoms with E-state index >= 15 is 0 Å². The minimum absolute atomic E-state index is 0.0442. The Morgan fingerprint density at radius 1 is 0.864 bits per heavy atom. The number of carbonyl (C=O) groups excluding carboxylic acids is 1. The van der Waals surface area contributed by atoms with Gasteiger partial charge in [0.1, 0.15) is 5.78 Å². The summed E-state index contributed by atoms with van der Waals surface area (Å²) < 4.78 is 2.04. The Morgan fingerprint density at radius 3 is 1.41 bits per heavy atom. The van der Waals surface area contributed by atoms with Crippen molar-refractivity contribution in [2.75, 3.05) is 8.86 Å². The molecule has 0 saturated heterocycles. The molecule has 0 aromatic rings. The Hall–Kier alpha value is 0.610. The summed E-state index contributed by atoms with van der Waals surface area (Å²) in [6, 6.07) is 0. The number of ketones is 1. The number of Topliss-reactive ketones (excluding diaryl/α,β-unsaturated/α-hetero) is 1. The molecule has 0 aromatic heterocycles. The van der Waals surface area contributed by atoms with E-state index < -0.39 is 0 Å². The van der Waals surface area contributed by atoms with E-state index in [-0.39, 0.29) is 21.7 Å². The Labute approximate surface area is 163 Å². The van der Waals surface area contributed by atoms with Gasteiger partial charge in [0.05, 0.1) is 0 Å². The van der Waals surface area contributed by atoms with Crippen molar-refractivity contribution in [3.05, 3.63) is 23.3 Å². The number of carbonyl (C=O) groups is 1. The first-order valence-electron chi connectivity index (χ1n) is 8.05. The van der Waals surface area contributed by atoms with Gasteiger partial charge in [-0.1, -0.05) is 110 Å². The van der Waals surface area contributed by atoms with Gasteiger partial charge in [0.2, 0.25) is 0 Å². The molecule has 0 N–H and O–H groups in total. The maximum atomic E-state index is 13.8. The molecular weight excluding hydrogens is 498 g/mol. The number of hydrogen-bond acceptors (Lipinski definition) is 1. The third-order valence-corrected chi connectivity index (χ3v) is 8.81. The Balaban J connectivity index is 2.42. The normalized spacial score (nSPS) is 36.2. The largest absolute Gasteiger partial charge is 0.298 e. The fourth-order valence-electron chi connectivity index (χ4n) is 4.19. The van der Waals surface area contributed by atoms with Gasteiger partial charge < -0.3 is 0 Å². The predicted octanol–water partition coefficient (Wildman–Crippen LogP) is 6.15. The van der Waals surface area contributed by atoms with Crippen LogP contribution in [0.3, 0.4) is 0 Å². The molecule has 2 aliphatic carbocycles. The van der Waals surface area contributed by atoms with E-state index in [4.69, 9.17) is 0 Å². The lowest BCUT2D eigenvalue weighted by Crippen LogP contribution is -2.51. The van der Waals surface area contributed by atoms with Gasteiger partial charge in [0.25, 0.3) is 0 Å². The molecule has 0 fully saturated rings. The molecule has 1 nitrogen and oxygen atoms in total. The van der Waals surface area contributed by atoms with Crippen LogP contribution in [0.15, 0.2) is 23.3 Å². The molecule has 2 atom stereocenters. The fourth-order valence-corrected chi connectivity index (χ4v) is 6.72. The van der Waals surface area contributed by atoms with Gasteiger partial charge in [-0.05, 0) is 23.7 Å². The van der Waals surface area contributed by atoms with Crippen molar-refractivity contribution >= 4 is 51.0 Å². The minimum atomic E-state index is -0.284. The molecule has 124 valence electrons. The van der Waals surface area contributed by atoms with Crippen LogP contribution in [0.5, 0.6) is 0 Å². The van der Waals surface area contributed by atoms with Crippen molar-refractivity contribution in [3.8, 4) is 0 Å². The summed E-state index contributed by atoms with van der Waals surface area (Å²) in [4.78, 5) is 13.8. The minimum Gasteiger partial charge on any atom is -0.298 e. The van der Waals surface area contributed by atoms with Crippen LogP contribution in [0.1, 0.15) is 54.4 Å². The topological polar surface area (TPSA) is 17.1 Å². The van der Waals surface area contributed by atoms with Crippen LogP contribution in [-0.4, -0.2) is 14.6 Å². The molecule has 0 saturated carbocycles. The summed E-state index contributed by atoms with van der Waals surface area (Å²) in [7, 11) is 0. The zero-order valence-corrected chi connectivity index (χ0v) is 19.0. The second-order valence-electron chi connectivity index (χ2n) is 8.38. The van der Waals surface area contributed by atoms with Crippen LogP contribution in [0, 0.1) is 21.7 Å². The van der Waals surface area contributed by atoms with Crippen LogP contribution < -0.4 is 0 Å². The summed E-state index contributed by atoms with van der Waals surface area (Å²) in [6.07, 6.45) is 6.43. The van der Waals surface area contributed by atoms with Crippen molar-refractivity contribution < 1.29 is 4.79 Å². The summed E-state index contributed by atoms with van der Waals surface area (Å²) in [5.41, 5.74) is 2.22. The molecule has 0 unspecified atom stereocenters. The first-order chi connectivity index (χ1) is 9.99. The molecule has 0 aromatic carbocycles. The third kappa shape index (κ3) is 2.31. The zero-order valence-electron chi connectivity index (χ0n) is 14.6. The number of hydrogen-bond donors (Lipinski definition) is 0. The standard InChI is InChI=1S/C19H28I2O/c1-16(2)13(11-20)7-9-18(16,5)15(22)19(6)10-8-14(12-21)17(19,3)4/h7-8H,9-12H2,1-6H3/t18-,19-/m0/s1. The van der Waals surface area contributed by atoms with Gasteiger partial charge in [-0.2, -0.15) is 0 Å². The fraction of sp³-hybridized carbons (Fsp3) is 0.737. The van der Waals surface area contributed by atoms with Gasteiger partial charge in [0, 0.05) is 19.7 Å². The summed E-state index contributed by atoms with van der Waals surface area (Å²) in [5, 5.41) is 0. The Morgan fingerprint density at radius 2 is 1.18 bits per heavy atom. The zero-order chi connectivity index (χ0) is 17.0. The Kier molecular flexibility index (Phi) is 5.04. The van der Waals surface area contributed by atoms with Crippen LogP contribution in [0.2, 0.25) is 0 Å². The second-order valence-corrected chi connectivity index (χ2v) is 9.90. The molecule has 2 rings (SSSR count). The molecule has 0 heterocycles. The monoisotopic (exact) mass is 526 g/mol. The number of halogens is 2. The van der Waals surface area contributed by atoms with Gasteiger partial charge in [0.15, 0.2) is 0 Å². The maximum Gasteiger partial charge on any atom is 0.146 e. The molecule has 0 amide bonds. The third-order valence-electron chi connectivity index (χ3n) is 7.17. The number of allylic oxidation sites excluding steroid dienone is 4. The van der Waals surface area contributed by atoms with E-state index in [1.54, 1.807) is 0 Å². The van der Waals surface area contributed by atoms with Gasteiger partial charge in [-0.3, -0.25) is 4.79 Å². The average Bonchev–Trinajstić information content (AvgIpc) is 2.82. The molecule has 2 aliphatic rings. The van der Waals surface area contributed by atoms with E-state index in [9.17, 15) is 4.79 Å². The molecule has 0 aliphatic heterocycles. The van der Waals surface area contributed by atoms with E-state index in [2.05, 4.69) is 98.9 Å². The highest BCUT2D eigenvalue weighted by atomic mass is 127. The Bertz CT molecular complexity index is 508. The van der Waals surface area contributed by atoms with E-state index in [1.807, 2.05) is 0 Å². The summed E-state index contributed by atoms with van der Waals surface area (Å²) >= 11 is 4.86. The van der Waals surface area contributed by atoms with Gasteiger partial charge >= 0.3 is 0 Å². The first kappa shape index (κ1) is 18.9. The van der Waals surface area contributed by atoms with Crippen molar-refractivity contribution in [2.24, 2.45) is 21.7 Å². The predicted molar refractivity (Wildman–Crippen MR) is 112 cm³/mol. The van der Waals surface area contributed by atoms with Crippen LogP contribution >= 0.6 is 45.2 Å². The molecule has 22 heavy (non-hydrogen) atoms. The second kappa shape index (κ2) is 5.85. The van der Waals surface area contributed by atoms with Gasteiger partial charge in [-0.15, -0.1) is 0 Å². The first-order valence-corrected chi connectivity index (χ1v) is 11.1.